The third-order valence-corrected chi connectivity index (χ3v) is 4.91. The summed E-state index contributed by atoms with van der Waals surface area (Å²) < 4.78 is 0. The third kappa shape index (κ3) is 4.08. The maximum Gasteiger partial charge on any atom is 0.234 e. The van der Waals surface area contributed by atoms with Crippen molar-refractivity contribution in [1.82, 2.24) is 10.2 Å². The minimum absolute atomic E-state index is 0.0373. The zero-order valence-corrected chi connectivity index (χ0v) is 14.3. The van der Waals surface area contributed by atoms with Crippen LogP contribution in [0.2, 0.25) is 0 Å². The van der Waals surface area contributed by atoms with Crippen molar-refractivity contribution < 1.29 is 4.79 Å². The molecule has 1 amide bonds. The first-order chi connectivity index (χ1) is 10.3. The maximum atomic E-state index is 12.2. The van der Waals surface area contributed by atoms with Crippen molar-refractivity contribution in [3.05, 3.63) is 34.9 Å². The number of carbonyl (C=O) groups excluding carboxylic acids is 1. The number of aryl methyl sites for hydroxylation is 2. The van der Waals surface area contributed by atoms with Crippen molar-refractivity contribution in [3.63, 3.8) is 0 Å². The monoisotopic (exact) mass is 303 g/mol. The molecular weight excluding hydrogens is 274 g/mol. The van der Waals surface area contributed by atoms with Crippen LogP contribution in [0.3, 0.4) is 0 Å². The van der Waals surface area contributed by atoms with Crippen molar-refractivity contribution in [3.8, 4) is 0 Å². The molecule has 0 bridgehead atoms. The first kappa shape index (κ1) is 17.0. The molecule has 1 aromatic rings. The predicted octanol–water partition coefficient (Wildman–Crippen LogP) is 2.15. The minimum atomic E-state index is 0.0373. The summed E-state index contributed by atoms with van der Waals surface area (Å²) in [4.78, 5) is 14.5. The van der Waals surface area contributed by atoms with Crippen molar-refractivity contribution in [2.75, 3.05) is 26.2 Å². The Labute approximate surface area is 134 Å². The fourth-order valence-corrected chi connectivity index (χ4v) is 3.04. The van der Waals surface area contributed by atoms with Crippen LogP contribution in [0.1, 0.15) is 43.0 Å². The lowest BCUT2D eigenvalue weighted by atomic mass is 9.90. The Hall–Kier alpha value is -1.39. The molecule has 1 aliphatic heterocycles. The summed E-state index contributed by atoms with van der Waals surface area (Å²) in [7, 11) is 0. The summed E-state index contributed by atoms with van der Waals surface area (Å²) in [5.41, 5.74) is 9.68. The second-order valence-electron chi connectivity index (χ2n) is 7.11. The molecule has 122 valence electrons. The normalized spacial score (nSPS) is 23.5. The number of hydrogen-bond donors (Lipinski definition) is 2. The molecule has 1 saturated heterocycles. The van der Waals surface area contributed by atoms with Crippen LogP contribution in [0.4, 0.5) is 0 Å². The average molecular weight is 303 g/mol. The number of carbonyl (C=O) groups is 1. The highest BCUT2D eigenvalue weighted by molar-refractivity contribution is 5.78. The molecule has 0 spiro atoms. The smallest absolute Gasteiger partial charge is 0.234 e. The molecule has 4 heteroatoms. The number of benzene rings is 1. The van der Waals surface area contributed by atoms with E-state index in [2.05, 4.69) is 49.2 Å². The molecule has 0 aromatic heterocycles. The first-order valence-electron chi connectivity index (χ1n) is 8.12. The number of nitrogens with zero attached hydrogens (tertiary/aromatic N) is 1. The lowest BCUT2D eigenvalue weighted by Crippen LogP contribution is -2.39. The number of rotatable bonds is 5. The molecule has 4 nitrogen and oxygen atoms in total. The van der Waals surface area contributed by atoms with E-state index in [4.69, 9.17) is 5.73 Å². The molecular formula is C18H29N3O. The van der Waals surface area contributed by atoms with Gasteiger partial charge in [-0.25, -0.2) is 0 Å². The third-order valence-electron chi connectivity index (χ3n) is 4.91. The Morgan fingerprint density at radius 1 is 1.41 bits per heavy atom. The topological polar surface area (TPSA) is 58.4 Å². The van der Waals surface area contributed by atoms with Gasteiger partial charge in [0.25, 0.3) is 0 Å². The van der Waals surface area contributed by atoms with Crippen LogP contribution in [-0.2, 0) is 4.79 Å². The van der Waals surface area contributed by atoms with Gasteiger partial charge in [0, 0.05) is 6.54 Å². The first-order valence-corrected chi connectivity index (χ1v) is 8.12. The van der Waals surface area contributed by atoms with E-state index >= 15 is 0 Å². The number of nitrogens with two attached hydrogens (primary N) is 1. The van der Waals surface area contributed by atoms with E-state index in [9.17, 15) is 4.79 Å². The molecule has 0 aliphatic carbocycles. The SMILES string of the molecule is Cc1ccc(C(C)NC(=O)CN2CCC(C)(CN)C2)cc1C. The second-order valence-corrected chi connectivity index (χ2v) is 7.11. The molecule has 22 heavy (non-hydrogen) atoms. The van der Waals surface area contributed by atoms with Crippen molar-refractivity contribution in [2.24, 2.45) is 11.1 Å². The van der Waals surface area contributed by atoms with Crippen LogP contribution in [0.25, 0.3) is 0 Å². The minimum Gasteiger partial charge on any atom is -0.348 e. The summed E-state index contributed by atoms with van der Waals surface area (Å²) in [6, 6.07) is 6.40. The Kier molecular flexibility index (Phi) is 5.24. The van der Waals surface area contributed by atoms with Gasteiger partial charge in [-0.05, 0) is 62.4 Å². The van der Waals surface area contributed by atoms with Crippen molar-refractivity contribution >= 4 is 5.91 Å². The van der Waals surface area contributed by atoms with Gasteiger partial charge in [-0.15, -0.1) is 0 Å². The van der Waals surface area contributed by atoms with Gasteiger partial charge in [0.05, 0.1) is 12.6 Å². The highest BCUT2D eigenvalue weighted by Crippen LogP contribution is 2.28. The van der Waals surface area contributed by atoms with E-state index < -0.39 is 0 Å². The molecule has 1 aliphatic rings. The standard InChI is InChI=1S/C18H29N3O/c1-13-5-6-16(9-14(13)2)15(3)20-17(22)10-21-8-7-18(4,11-19)12-21/h5-6,9,15H,7-8,10-12,19H2,1-4H3,(H,20,22). The lowest BCUT2D eigenvalue weighted by molar-refractivity contribution is -0.122. The molecule has 0 radical (unpaired) electrons. The zero-order valence-electron chi connectivity index (χ0n) is 14.3. The van der Waals surface area contributed by atoms with E-state index in [1.165, 1.54) is 11.1 Å². The highest BCUT2D eigenvalue weighted by atomic mass is 16.2. The summed E-state index contributed by atoms with van der Waals surface area (Å²) in [6.07, 6.45) is 1.07. The molecule has 0 saturated carbocycles. The fraction of sp³-hybridized carbons (Fsp3) is 0.611. The van der Waals surface area contributed by atoms with Gasteiger partial charge in [0.1, 0.15) is 0 Å². The summed E-state index contributed by atoms with van der Waals surface area (Å²) in [5.74, 6) is 0.0898. The molecule has 1 aromatic carbocycles. The van der Waals surface area contributed by atoms with E-state index in [1.807, 2.05) is 6.92 Å². The van der Waals surface area contributed by atoms with Gasteiger partial charge in [0.15, 0.2) is 0 Å². The van der Waals surface area contributed by atoms with Crippen LogP contribution in [0.15, 0.2) is 18.2 Å². The van der Waals surface area contributed by atoms with Gasteiger partial charge in [-0.1, -0.05) is 25.1 Å². The molecule has 3 N–H and O–H groups in total. The predicted molar refractivity (Wildman–Crippen MR) is 90.7 cm³/mol. The Bertz CT molecular complexity index is 543. The van der Waals surface area contributed by atoms with E-state index in [-0.39, 0.29) is 17.4 Å². The quantitative estimate of drug-likeness (QED) is 0.876. The Morgan fingerprint density at radius 2 is 2.14 bits per heavy atom. The van der Waals surface area contributed by atoms with Crippen molar-refractivity contribution in [2.45, 2.75) is 40.2 Å². The fourth-order valence-electron chi connectivity index (χ4n) is 3.04. The van der Waals surface area contributed by atoms with Gasteiger partial charge < -0.3 is 11.1 Å². The molecule has 2 rings (SSSR count). The summed E-state index contributed by atoms with van der Waals surface area (Å²) >= 11 is 0. The molecule has 1 fully saturated rings. The maximum absolute atomic E-state index is 12.2. The van der Waals surface area contributed by atoms with Gasteiger partial charge >= 0.3 is 0 Å². The van der Waals surface area contributed by atoms with Crippen LogP contribution in [-0.4, -0.2) is 37.0 Å². The largest absolute Gasteiger partial charge is 0.348 e. The number of nitrogens with one attached hydrogen (secondary N) is 1. The summed E-state index contributed by atoms with van der Waals surface area (Å²) in [6.45, 7) is 11.5. The molecule has 2 unspecified atom stereocenters. The van der Waals surface area contributed by atoms with Crippen LogP contribution in [0, 0.1) is 19.3 Å². The zero-order chi connectivity index (χ0) is 16.3. The lowest BCUT2D eigenvalue weighted by Gasteiger charge is -2.23. The van der Waals surface area contributed by atoms with Crippen molar-refractivity contribution in [1.29, 1.82) is 0 Å². The number of amides is 1. The Morgan fingerprint density at radius 3 is 2.73 bits per heavy atom. The van der Waals surface area contributed by atoms with E-state index in [0.29, 0.717) is 13.1 Å². The summed E-state index contributed by atoms with van der Waals surface area (Å²) in [5, 5.41) is 3.10. The molecule has 1 heterocycles. The van der Waals surface area contributed by atoms with Crippen LogP contribution >= 0.6 is 0 Å². The van der Waals surface area contributed by atoms with E-state index in [0.717, 1.165) is 25.1 Å². The number of likely N-dealkylation sites (tertiary alicyclic amines) is 1. The van der Waals surface area contributed by atoms with Crippen LogP contribution < -0.4 is 11.1 Å². The second kappa shape index (κ2) is 6.80. The number of hydrogen-bond acceptors (Lipinski definition) is 3. The van der Waals surface area contributed by atoms with Gasteiger partial charge in [-0.3, -0.25) is 9.69 Å². The molecule has 2 atom stereocenters. The van der Waals surface area contributed by atoms with E-state index in [1.54, 1.807) is 0 Å². The highest BCUT2D eigenvalue weighted by Gasteiger charge is 2.33. The van der Waals surface area contributed by atoms with Gasteiger partial charge in [-0.2, -0.15) is 0 Å². The van der Waals surface area contributed by atoms with Crippen LogP contribution in [0.5, 0.6) is 0 Å². The Balaban J connectivity index is 1.88. The average Bonchev–Trinajstić information content (AvgIpc) is 2.83. The van der Waals surface area contributed by atoms with Gasteiger partial charge in [0.2, 0.25) is 5.91 Å².